The summed E-state index contributed by atoms with van der Waals surface area (Å²) < 4.78 is 4.53. The van der Waals surface area contributed by atoms with Gasteiger partial charge in [-0.2, -0.15) is 0 Å². The molecule has 0 radical (unpaired) electrons. The first-order valence-electron chi connectivity index (χ1n) is 3.98. The van der Waals surface area contributed by atoms with E-state index in [4.69, 9.17) is 9.84 Å². The maximum absolute atomic E-state index is 11.0. The minimum atomic E-state index is -0.268. The summed E-state index contributed by atoms with van der Waals surface area (Å²) in [5.41, 5.74) is 0. The number of carbonyl (C=O) groups is 1. The highest BCUT2D eigenvalue weighted by Gasteiger charge is 2.22. The van der Waals surface area contributed by atoms with Gasteiger partial charge in [0.05, 0.1) is 6.61 Å². The summed E-state index contributed by atoms with van der Waals surface area (Å²) in [5.74, 6) is 0. The van der Waals surface area contributed by atoms with E-state index in [2.05, 4.69) is 0 Å². The Bertz CT molecular complexity index is 145. The summed E-state index contributed by atoms with van der Waals surface area (Å²) in [7, 11) is 0. The molecule has 0 aliphatic rings. The standard InChI is InChI=1S/C8H16O3S/c1-4-11-7(10)12-8(2,3)5-6-9/h9H,4-6H2,1-3H3. The minimum Gasteiger partial charge on any atom is -0.458 e. The Hall–Kier alpha value is -0.220. The van der Waals surface area contributed by atoms with E-state index in [1.54, 1.807) is 6.92 Å². The van der Waals surface area contributed by atoms with Crippen LogP contribution in [-0.2, 0) is 4.74 Å². The second-order valence-corrected chi connectivity index (χ2v) is 4.66. The molecule has 1 N–H and O–H groups in total. The molecule has 0 bridgehead atoms. The van der Waals surface area contributed by atoms with Gasteiger partial charge in [-0.25, -0.2) is 4.79 Å². The maximum Gasteiger partial charge on any atom is 0.367 e. The van der Waals surface area contributed by atoms with Gasteiger partial charge in [0.25, 0.3) is 0 Å². The van der Waals surface area contributed by atoms with E-state index in [9.17, 15) is 4.79 Å². The van der Waals surface area contributed by atoms with E-state index in [1.165, 1.54) is 0 Å². The number of hydrogen-bond acceptors (Lipinski definition) is 4. The molecule has 0 amide bonds. The largest absolute Gasteiger partial charge is 0.458 e. The van der Waals surface area contributed by atoms with Gasteiger partial charge >= 0.3 is 5.30 Å². The Kier molecular flexibility index (Phi) is 5.33. The van der Waals surface area contributed by atoms with Crippen LogP contribution in [0.4, 0.5) is 4.79 Å². The van der Waals surface area contributed by atoms with Crippen molar-refractivity contribution in [3.8, 4) is 0 Å². The Balaban J connectivity index is 3.79. The predicted octanol–water partition coefficient (Wildman–Crippen LogP) is 2.04. The zero-order valence-corrected chi connectivity index (χ0v) is 8.61. The molecule has 72 valence electrons. The van der Waals surface area contributed by atoms with Gasteiger partial charge in [0.15, 0.2) is 0 Å². The maximum atomic E-state index is 11.0. The van der Waals surface area contributed by atoms with Crippen LogP contribution in [0.15, 0.2) is 0 Å². The zero-order valence-electron chi connectivity index (χ0n) is 7.79. The summed E-state index contributed by atoms with van der Waals surface area (Å²) >= 11 is 1.13. The number of carbonyl (C=O) groups excluding carboxylic acids is 1. The van der Waals surface area contributed by atoms with Gasteiger partial charge in [-0.05, 0) is 25.1 Å². The first-order chi connectivity index (χ1) is 5.52. The molecule has 0 aromatic carbocycles. The molecule has 0 atom stereocenters. The smallest absolute Gasteiger partial charge is 0.367 e. The lowest BCUT2D eigenvalue weighted by molar-refractivity contribution is 0.181. The van der Waals surface area contributed by atoms with E-state index >= 15 is 0 Å². The quantitative estimate of drug-likeness (QED) is 0.692. The molecule has 0 saturated heterocycles. The van der Waals surface area contributed by atoms with Gasteiger partial charge in [-0.1, -0.05) is 13.8 Å². The van der Waals surface area contributed by atoms with E-state index in [-0.39, 0.29) is 16.7 Å². The Morgan fingerprint density at radius 3 is 2.58 bits per heavy atom. The molecule has 12 heavy (non-hydrogen) atoms. The van der Waals surface area contributed by atoms with Crippen LogP contribution in [0.3, 0.4) is 0 Å². The van der Waals surface area contributed by atoms with Crippen LogP contribution in [0.1, 0.15) is 27.2 Å². The van der Waals surface area contributed by atoms with Gasteiger partial charge in [0.2, 0.25) is 0 Å². The lowest BCUT2D eigenvalue weighted by Crippen LogP contribution is -2.19. The number of hydrogen-bond donors (Lipinski definition) is 1. The topological polar surface area (TPSA) is 46.5 Å². The first kappa shape index (κ1) is 11.8. The third-order valence-corrected chi connectivity index (χ3v) is 2.38. The average molecular weight is 192 g/mol. The molecule has 0 fully saturated rings. The molecular formula is C8H16O3S. The number of aliphatic hydroxyl groups excluding tert-OH is 1. The third-order valence-electron chi connectivity index (χ3n) is 1.34. The van der Waals surface area contributed by atoms with Crippen molar-refractivity contribution >= 4 is 17.1 Å². The van der Waals surface area contributed by atoms with Crippen LogP contribution >= 0.6 is 11.8 Å². The Morgan fingerprint density at radius 2 is 2.17 bits per heavy atom. The molecule has 0 aromatic heterocycles. The second kappa shape index (κ2) is 5.43. The van der Waals surface area contributed by atoms with E-state index in [0.29, 0.717) is 13.0 Å². The molecule has 0 rings (SSSR count). The Labute approximate surface area is 77.5 Å². The van der Waals surface area contributed by atoms with Crippen molar-refractivity contribution in [2.45, 2.75) is 31.9 Å². The van der Waals surface area contributed by atoms with Crippen LogP contribution in [0, 0.1) is 0 Å². The molecular weight excluding hydrogens is 176 g/mol. The molecule has 0 heterocycles. The molecule has 3 nitrogen and oxygen atoms in total. The van der Waals surface area contributed by atoms with Crippen LogP contribution < -0.4 is 0 Å². The van der Waals surface area contributed by atoms with E-state index in [1.807, 2.05) is 13.8 Å². The van der Waals surface area contributed by atoms with Gasteiger partial charge in [-0.3, -0.25) is 0 Å². The molecule has 0 aliphatic carbocycles. The van der Waals surface area contributed by atoms with Crippen LogP contribution in [0.2, 0.25) is 0 Å². The first-order valence-corrected chi connectivity index (χ1v) is 4.80. The highest BCUT2D eigenvalue weighted by molar-refractivity contribution is 8.14. The fourth-order valence-electron chi connectivity index (χ4n) is 0.693. The van der Waals surface area contributed by atoms with Gasteiger partial charge in [-0.15, -0.1) is 0 Å². The van der Waals surface area contributed by atoms with Crippen molar-refractivity contribution < 1.29 is 14.6 Å². The summed E-state index contributed by atoms with van der Waals surface area (Å²) in [5, 5.41) is 8.41. The summed E-state index contributed by atoms with van der Waals surface area (Å²) in [6.07, 6.45) is 0.594. The second-order valence-electron chi connectivity index (χ2n) is 3.02. The lowest BCUT2D eigenvalue weighted by Gasteiger charge is -2.20. The normalized spacial score (nSPS) is 11.3. The highest BCUT2D eigenvalue weighted by atomic mass is 32.2. The highest BCUT2D eigenvalue weighted by Crippen LogP contribution is 2.29. The summed E-state index contributed by atoms with van der Waals surface area (Å²) in [4.78, 5) is 11.0. The van der Waals surface area contributed by atoms with Crippen molar-refractivity contribution in [1.82, 2.24) is 0 Å². The van der Waals surface area contributed by atoms with Crippen LogP contribution in [-0.4, -0.2) is 28.4 Å². The fourth-order valence-corrected chi connectivity index (χ4v) is 1.51. The van der Waals surface area contributed by atoms with Crippen molar-refractivity contribution in [2.75, 3.05) is 13.2 Å². The minimum absolute atomic E-state index is 0.0966. The Morgan fingerprint density at radius 1 is 1.58 bits per heavy atom. The van der Waals surface area contributed by atoms with E-state index < -0.39 is 0 Å². The van der Waals surface area contributed by atoms with Crippen molar-refractivity contribution in [3.63, 3.8) is 0 Å². The monoisotopic (exact) mass is 192 g/mol. The van der Waals surface area contributed by atoms with Gasteiger partial charge in [0.1, 0.15) is 0 Å². The lowest BCUT2D eigenvalue weighted by atomic mass is 10.1. The summed E-state index contributed by atoms with van der Waals surface area (Å²) in [6, 6.07) is 0. The third kappa shape index (κ3) is 5.43. The van der Waals surface area contributed by atoms with Gasteiger partial charge < -0.3 is 9.84 Å². The number of ether oxygens (including phenoxy) is 1. The molecule has 0 aliphatic heterocycles. The number of aliphatic hydroxyl groups is 1. The molecule has 0 unspecified atom stereocenters. The number of thioether (sulfide) groups is 1. The fraction of sp³-hybridized carbons (Fsp3) is 0.875. The SMILES string of the molecule is CCOC(=O)SC(C)(C)CCO. The number of rotatable bonds is 4. The van der Waals surface area contributed by atoms with Crippen molar-refractivity contribution in [1.29, 1.82) is 0 Å². The average Bonchev–Trinajstić information content (AvgIpc) is 1.85. The van der Waals surface area contributed by atoms with Crippen molar-refractivity contribution in [3.05, 3.63) is 0 Å². The van der Waals surface area contributed by atoms with Crippen LogP contribution in [0.25, 0.3) is 0 Å². The van der Waals surface area contributed by atoms with Crippen LogP contribution in [0.5, 0.6) is 0 Å². The van der Waals surface area contributed by atoms with E-state index in [0.717, 1.165) is 11.8 Å². The molecule has 0 aromatic rings. The molecule has 4 heteroatoms. The molecule has 0 spiro atoms. The van der Waals surface area contributed by atoms with Gasteiger partial charge in [0, 0.05) is 11.4 Å². The van der Waals surface area contributed by atoms with Crippen molar-refractivity contribution in [2.24, 2.45) is 0 Å². The zero-order chi connectivity index (χ0) is 9.61. The predicted molar refractivity (Wildman–Crippen MR) is 50.4 cm³/mol. The molecule has 0 saturated carbocycles. The summed E-state index contributed by atoms with van der Waals surface area (Å²) in [6.45, 7) is 6.09.